The van der Waals surface area contributed by atoms with Crippen LogP contribution < -0.4 is 11.1 Å². The molecule has 0 bridgehead atoms. The summed E-state index contributed by atoms with van der Waals surface area (Å²) in [4.78, 5) is 11.9. The maximum absolute atomic E-state index is 11.9. The molecule has 1 atom stereocenters. The predicted molar refractivity (Wildman–Crippen MR) is 68.8 cm³/mol. The smallest absolute Gasteiger partial charge is 0.225 e. The van der Waals surface area contributed by atoms with Crippen LogP contribution in [0.1, 0.15) is 29.9 Å². The number of aromatic amines is 1. The molecule has 0 aliphatic rings. The van der Waals surface area contributed by atoms with E-state index >= 15 is 0 Å². The van der Waals surface area contributed by atoms with Gasteiger partial charge in [0.05, 0.1) is 12.5 Å². The lowest BCUT2D eigenvalue weighted by molar-refractivity contribution is -0.121. The van der Waals surface area contributed by atoms with Crippen molar-refractivity contribution in [1.82, 2.24) is 25.9 Å². The molecule has 0 fully saturated rings. The van der Waals surface area contributed by atoms with Crippen LogP contribution in [0.5, 0.6) is 0 Å². The fourth-order valence-electron chi connectivity index (χ4n) is 1.69. The van der Waals surface area contributed by atoms with Crippen molar-refractivity contribution in [3.8, 4) is 0 Å². The normalized spacial score (nSPS) is 12.1. The Morgan fingerprint density at radius 2 is 2.05 bits per heavy atom. The molecule has 1 unspecified atom stereocenters. The first-order valence-electron chi connectivity index (χ1n) is 5.99. The van der Waals surface area contributed by atoms with Gasteiger partial charge in [0.2, 0.25) is 5.91 Å². The van der Waals surface area contributed by atoms with Crippen molar-refractivity contribution in [2.75, 3.05) is 0 Å². The summed E-state index contributed by atoms with van der Waals surface area (Å²) in [5.41, 5.74) is 7.50. The van der Waals surface area contributed by atoms with E-state index < -0.39 is 0 Å². The van der Waals surface area contributed by atoms with Crippen molar-refractivity contribution in [2.45, 2.75) is 25.9 Å². The molecule has 4 N–H and O–H groups in total. The minimum absolute atomic E-state index is 0.0854. The van der Waals surface area contributed by atoms with Crippen LogP contribution in [-0.2, 0) is 17.8 Å². The average Bonchev–Trinajstić information content (AvgIpc) is 2.93. The van der Waals surface area contributed by atoms with Crippen molar-refractivity contribution < 1.29 is 4.79 Å². The molecule has 19 heavy (non-hydrogen) atoms. The lowest BCUT2D eigenvalue weighted by Crippen LogP contribution is -2.28. The molecule has 0 saturated carbocycles. The second-order valence-electron chi connectivity index (χ2n) is 4.26. The SMILES string of the molecule is CC(NC(=O)Cc1ccc(CN)cc1)c1nn[nH]n1. The average molecular weight is 260 g/mol. The highest BCUT2D eigenvalue weighted by Crippen LogP contribution is 2.07. The highest BCUT2D eigenvalue weighted by molar-refractivity contribution is 5.78. The number of rotatable bonds is 5. The summed E-state index contributed by atoms with van der Waals surface area (Å²) in [7, 11) is 0. The molecule has 7 nitrogen and oxygen atoms in total. The van der Waals surface area contributed by atoms with Gasteiger partial charge >= 0.3 is 0 Å². The molecule has 100 valence electrons. The number of carbonyl (C=O) groups excluding carboxylic acids is 1. The zero-order valence-corrected chi connectivity index (χ0v) is 10.6. The first-order valence-corrected chi connectivity index (χ1v) is 5.99. The molecule has 7 heteroatoms. The Bertz CT molecular complexity index is 522. The number of carbonyl (C=O) groups is 1. The summed E-state index contributed by atoms with van der Waals surface area (Å²) in [6.45, 7) is 2.31. The van der Waals surface area contributed by atoms with E-state index in [0.29, 0.717) is 18.8 Å². The van der Waals surface area contributed by atoms with Gasteiger partial charge in [-0.2, -0.15) is 5.21 Å². The number of amides is 1. The molecular formula is C12H16N6O. The summed E-state index contributed by atoms with van der Waals surface area (Å²) in [6, 6.07) is 7.38. The Morgan fingerprint density at radius 3 is 2.63 bits per heavy atom. The van der Waals surface area contributed by atoms with Crippen LogP contribution in [0.4, 0.5) is 0 Å². The molecule has 0 saturated heterocycles. The molecule has 2 rings (SSSR count). The van der Waals surface area contributed by atoms with Crippen molar-refractivity contribution in [3.63, 3.8) is 0 Å². The number of benzene rings is 1. The van der Waals surface area contributed by atoms with Crippen molar-refractivity contribution in [1.29, 1.82) is 0 Å². The van der Waals surface area contributed by atoms with Crippen molar-refractivity contribution >= 4 is 5.91 Å². The molecular weight excluding hydrogens is 244 g/mol. The van der Waals surface area contributed by atoms with E-state index in [1.54, 1.807) is 6.92 Å². The summed E-state index contributed by atoms with van der Waals surface area (Å²) in [5.74, 6) is 0.379. The third-order valence-corrected chi connectivity index (χ3v) is 2.75. The Morgan fingerprint density at radius 1 is 1.37 bits per heavy atom. The fourth-order valence-corrected chi connectivity index (χ4v) is 1.69. The van der Waals surface area contributed by atoms with E-state index in [-0.39, 0.29) is 11.9 Å². The zero-order valence-electron chi connectivity index (χ0n) is 10.6. The largest absolute Gasteiger partial charge is 0.346 e. The number of H-pyrrole nitrogens is 1. The van der Waals surface area contributed by atoms with E-state index in [1.807, 2.05) is 24.3 Å². The molecule has 1 aromatic heterocycles. The third kappa shape index (κ3) is 3.59. The van der Waals surface area contributed by atoms with Gasteiger partial charge in [-0.1, -0.05) is 29.5 Å². The number of nitrogens with two attached hydrogens (primary N) is 1. The summed E-state index contributed by atoms with van der Waals surface area (Å²) < 4.78 is 0. The first kappa shape index (κ1) is 13.2. The topological polar surface area (TPSA) is 110 Å². The van der Waals surface area contributed by atoms with Gasteiger partial charge in [-0.15, -0.1) is 10.2 Å². The van der Waals surface area contributed by atoms with Crippen LogP contribution in [0, 0.1) is 0 Å². The molecule has 1 heterocycles. The van der Waals surface area contributed by atoms with Gasteiger partial charge in [0.25, 0.3) is 0 Å². The van der Waals surface area contributed by atoms with Crippen LogP contribution >= 0.6 is 0 Å². The Labute approximate surface area is 110 Å². The number of aromatic nitrogens is 4. The summed E-state index contributed by atoms with van der Waals surface area (Å²) in [6.07, 6.45) is 0.313. The van der Waals surface area contributed by atoms with Crippen LogP contribution in [0.2, 0.25) is 0 Å². The van der Waals surface area contributed by atoms with Gasteiger partial charge in [0, 0.05) is 6.54 Å². The van der Waals surface area contributed by atoms with Gasteiger partial charge in [0.1, 0.15) is 0 Å². The monoisotopic (exact) mass is 260 g/mol. The quantitative estimate of drug-likeness (QED) is 0.705. The number of nitrogens with one attached hydrogen (secondary N) is 2. The van der Waals surface area contributed by atoms with E-state index in [9.17, 15) is 4.79 Å². The van der Waals surface area contributed by atoms with Crippen molar-refractivity contribution in [2.24, 2.45) is 5.73 Å². The lowest BCUT2D eigenvalue weighted by Gasteiger charge is -2.10. The second-order valence-corrected chi connectivity index (χ2v) is 4.26. The van der Waals surface area contributed by atoms with Crippen LogP contribution in [0.25, 0.3) is 0 Å². The molecule has 2 aromatic rings. The van der Waals surface area contributed by atoms with E-state index in [1.165, 1.54) is 0 Å². The summed E-state index contributed by atoms with van der Waals surface area (Å²) >= 11 is 0. The van der Waals surface area contributed by atoms with Gasteiger partial charge in [0.15, 0.2) is 5.82 Å². The Kier molecular flexibility index (Phi) is 4.19. The molecule has 0 aliphatic heterocycles. The van der Waals surface area contributed by atoms with Gasteiger partial charge in [-0.05, 0) is 18.1 Å². The van der Waals surface area contributed by atoms with Gasteiger partial charge in [-0.25, -0.2) is 0 Å². The zero-order chi connectivity index (χ0) is 13.7. The maximum Gasteiger partial charge on any atom is 0.225 e. The third-order valence-electron chi connectivity index (χ3n) is 2.75. The molecule has 0 aliphatic carbocycles. The van der Waals surface area contributed by atoms with E-state index in [0.717, 1.165) is 11.1 Å². The second kappa shape index (κ2) is 6.05. The number of tetrazole rings is 1. The molecule has 1 aromatic carbocycles. The van der Waals surface area contributed by atoms with Crippen LogP contribution in [-0.4, -0.2) is 26.5 Å². The maximum atomic E-state index is 11.9. The van der Waals surface area contributed by atoms with Crippen LogP contribution in [0.3, 0.4) is 0 Å². The Hall–Kier alpha value is -2.28. The molecule has 1 amide bonds. The number of hydrogen-bond acceptors (Lipinski definition) is 5. The highest BCUT2D eigenvalue weighted by atomic mass is 16.1. The lowest BCUT2D eigenvalue weighted by atomic mass is 10.1. The molecule has 0 radical (unpaired) electrons. The number of nitrogens with zero attached hydrogens (tertiary/aromatic N) is 3. The standard InChI is InChI=1S/C12H16N6O/c1-8(12-15-17-18-16-12)14-11(19)6-9-2-4-10(7-13)5-3-9/h2-5,8H,6-7,13H2,1H3,(H,14,19)(H,15,16,17,18). The van der Waals surface area contributed by atoms with Crippen molar-refractivity contribution in [3.05, 3.63) is 41.2 Å². The molecule has 0 spiro atoms. The first-order chi connectivity index (χ1) is 9.19. The van der Waals surface area contributed by atoms with E-state index in [2.05, 4.69) is 25.9 Å². The van der Waals surface area contributed by atoms with Gasteiger partial charge < -0.3 is 11.1 Å². The number of hydrogen-bond donors (Lipinski definition) is 3. The van der Waals surface area contributed by atoms with E-state index in [4.69, 9.17) is 5.73 Å². The van der Waals surface area contributed by atoms with Crippen LogP contribution in [0.15, 0.2) is 24.3 Å². The predicted octanol–water partition coefficient (Wildman–Crippen LogP) is 0.0783. The van der Waals surface area contributed by atoms with Gasteiger partial charge in [-0.3, -0.25) is 4.79 Å². The Balaban J connectivity index is 1.90. The minimum atomic E-state index is -0.269. The summed E-state index contributed by atoms with van der Waals surface area (Å²) in [5, 5.41) is 16.3. The fraction of sp³-hybridized carbons (Fsp3) is 0.333. The highest BCUT2D eigenvalue weighted by Gasteiger charge is 2.13. The minimum Gasteiger partial charge on any atom is -0.346 e.